The van der Waals surface area contributed by atoms with Crippen LogP contribution in [0, 0.1) is 11.6 Å². The lowest BCUT2D eigenvalue weighted by Gasteiger charge is -2.26. The van der Waals surface area contributed by atoms with Gasteiger partial charge in [-0.1, -0.05) is 6.92 Å². The fourth-order valence-corrected chi connectivity index (χ4v) is 3.79. The van der Waals surface area contributed by atoms with Crippen LogP contribution in [0.15, 0.2) is 17.0 Å². The van der Waals surface area contributed by atoms with Crippen molar-refractivity contribution < 1.29 is 17.2 Å². The summed E-state index contributed by atoms with van der Waals surface area (Å²) in [6, 6.07) is 1.57. The van der Waals surface area contributed by atoms with Crippen LogP contribution < -0.4 is 5.73 Å². The molecule has 0 aromatic heterocycles. The third-order valence-electron chi connectivity index (χ3n) is 2.96. The zero-order chi connectivity index (χ0) is 15.5. The third kappa shape index (κ3) is 3.16. The molecule has 0 heterocycles. The van der Waals surface area contributed by atoms with Crippen LogP contribution in [0.2, 0.25) is 0 Å². The molecule has 1 aromatic rings. The monoisotopic (exact) mass is 306 g/mol. The average Bonchev–Trinajstić information content (AvgIpc) is 2.35. The molecule has 1 aromatic carbocycles. The molecule has 0 radical (unpaired) electrons. The van der Waals surface area contributed by atoms with Gasteiger partial charge in [0.1, 0.15) is 10.7 Å². The molecule has 4 nitrogen and oxygen atoms in total. The van der Waals surface area contributed by atoms with Gasteiger partial charge in [-0.05, 0) is 32.4 Å². The lowest BCUT2D eigenvalue weighted by atomic mass is 10.2. The fourth-order valence-electron chi connectivity index (χ4n) is 1.97. The van der Waals surface area contributed by atoms with Crippen LogP contribution in [0.5, 0.6) is 0 Å². The van der Waals surface area contributed by atoms with E-state index in [0.29, 0.717) is 6.42 Å². The van der Waals surface area contributed by atoms with Crippen molar-refractivity contribution in [1.29, 1.82) is 0 Å². The minimum Gasteiger partial charge on any atom is -0.326 e. The first kappa shape index (κ1) is 17.0. The SMILES string of the molecule is CCCN(C(C)C)S(=O)(=O)c1ccc(F)c(CN)c1F. The van der Waals surface area contributed by atoms with Crippen LogP contribution >= 0.6 is 0 Å². The number of benzene rings is 1. The number of nitrogens with zero attached hydrogens (tertiary/aromatic N) is 1. The Kier molecular flexibility index (Phi) is 5.61. The molecular formula is C13H20F2N2O2S. The quantitative estimate of drug-likeness (QED) is 0.876. The Hall–Kier alpha value is -1.05. The molecule has 0 spiro atoms. The minimum atomic E-state index is -4.01. The van der Waals surface area contributed by atoms with Crippen molar-refractivity contribution in [3.05, 3.63) is 29.3 Å². The van der Waals surface area contributed by atoms with Gasteiger partial charge in [-0.3, -0.25) is 0 Å². The largest absolute Gasteiger partial charge is 0.326 e. The van der Waals surface area contributed by atoms with Crippen molar-refractivity contribution in [1.82, 2.24) is 4.31 Å². The Morgan fingerprint density at radius 2 is 1.90 bits per heavy atom. The molecule has 0 aliphatic carbocycles. The summed E-state index contributed by atoms with van der Waals surface area (Å²) in [7, 11) is -4.01. The van der Waals surface area contributed by atoms with Crippen molar-refractivity contribution in [3.8, 4) is 0 Å². The second-order valence-electron chi connectivity index (χ2n) is 4.75. The first-order valence-corrected chi connectivity index (χ1v) is 7.90. The van der Waals surface area contributed by atoms with E-state index in [9.17, 15) is 17.2 Å². The van der Waals surface area contributed by atoms with Crippen molar-refractivity contribution in [2.45, 2.75) is 44.7 Å². The molecule has 0 unspecified atom stereocenters. The van der Waals surface area contributed by atoms with Gasteiger partial charge in [0.05, 0.1) is 0 Å². The molecule has 20 heavy (non-hydrogen) atoms. The highest BCUT2D eigenvalue weighted by atomic mass is 32.2. The van der Waals surface area contributed by atoms with Crippen LogP contribution in [-0.2, 0) is 16.6 Å². The molecule has 0 fully saturated rings. The standard InChI is InChI=1S/C13H20F2N2O2S/c1-4-7-17(9(2)3)20(18,19)12-6-5-11(14)10(8-16)13(12)15/h5-6,9H,4,7-8,16H2,1-3H3. The maximum Gasteiger partial charge on any atom is 0.246 e. The first-order valence-electron chi connectivity index (χ1n) is 6.46. The summed E-state index contributed by atoms with van der Waals surface area (Å²) in [4.78, 5) is -0.526. The number of hydrogen-bond acceptors (Lipinski definition) is 3. The van der Waals surface area contributed by atoms with Crippen LogP contribution in [0.25, 0.3) is 0 Å². The molecule has 0 amide bonds. The summed E-state index contributed by atoms with van der Waals surface area (Å²) in [5.41, 5.74) is 4.86. The highest BCUT2D eigenvalue weighted by molar-refractivity contribution is 7.89. The first-order chi connectivity index (χ1) is 9.27. The van der Waals surface area contributed by atoms with E-state index in [1.54, 1.807) is 13.8 Å². The predicted molar refractivity (Wildman–Crippen MR) is 73.6 cm³/mol. The van der Waals surface area contributed by atoms with E-state index in [1.165, 1.54) is 4.31 Å². The Labute approximate surface area is 118 Å². The third-order valence-corrected chi connectivity index (χ3v) is 5.05. The van der Waals surface area contributed by atoms with Gasteiger partial charge in [0, 0.05) is 24.7 Å². The maximum absolute atomic E-state index is 14.2. The number of nitrogens with two attached hydrogens (primary N) is 1. The molecule has 1 rings (SSSR count). The highest BCUT2D eigenvalue weighted by Crippen LogP contribution is 2.25. The minimum absolute atomic E-state index is 0.273. The van der Waals surface area contributed by atoms with Crippen molar-refractivity contribution in [3.63, 3.8) is 0 Å². The fraction of sp³-hybridized carbons (Fsp3) is 0.538. The Morgan fingerprint density at radius 3 is 2.35 bits per heavy atom. The molecule has 2 N–H and O–H groups in total. The van der Waals surface area contributed by atoms with Gasteiger partial charge in [-0.25, -0.2) is 17.2 Å². The smallest absolute Gasteiger partial charge is 0.246 e. The van der Waals surface area contributed by atoms with Crippen molar-refractivity contribution >= 4 is 10.0 Å². The van der Waals surface area contributed by atoms with Gasteiger partial charge in [0.15, 0.2) is 5.82 Å². The molecular weight excluding hydrogens is 286 g/mol. The van der Waals surface area contributed by atoms with E-state index in [4.69, 9.17) is 5.73 Å². The summed E-state index contributed by atoms with van der Waals surface area (Å²) < 4.78 is 53.7. The van der Waals surface area contributed by atoms with Gasteiger partial charge in [-0.15, -0.1) is 0 Å². The summed E-state index contributed by atoms with van der Waals surface area (Å²) in [6.07, 6.45) is 0.601. The van der Waals surface area contributed by atoms with E-state index >= 15 is 0 Å². The summed E-state index contributed by atoms with van der Waals surface area (Å²) in [5.74, 6) is -1.94. The average molecular weight is 306 g/mol. The second-order valence-corrected chi connectivity index (χ2v) is 6.61. The topological polar surface area (TPSA) is 63.4 Å². The predicted octanol–water partition coefficient (Wildman–Crippen LogP) is 2.23. The summed E-state index contributed by atoms with van der Waals surface area (Å²) >= 11 is 0. The number of sulfonamides is 1. The normalized spacial score (nSPS) is 12.4. The zero-order valence-corrected chi connectivity index (χ0v) is 12.7. The molecule has 0 aliphatic heterocycles. The van der Waals surface area contributed by atoms with Gasteiger partial charge in [0.2, 0.25) is 10.0 Å². The van der Waals surface area contributed by atoms with Gasteiger partial charge in [0.25, 0.3) is 0 Å². The lowest BCUT2D eigenvalue weighted by Crippen LogP contribution is -2.38. The van der Waals surface area contributed by atoms with E-state index < -0.39 is 38.7 Å². The summed E-state index contributed by atoms with van der Waals surface area (Å²) in [6.45, 7) is 5.12. The van der Waals surface area contributed by atoms with Crippen LogP contribution in [0.3, 0.4) is 0 Å². The van der Waals surface area contributed by atoms with Crippen LogP contribution in [0.1, 0.15) is 32.8 Å². The van der Waals surface area contributed by atoms with Crippen molar-refractivity contribution in [2.24, 2.45) is 5.73 Å². The molecule has 0 bridgehead atoms. The van der Waals surface area contributed by atoms with E-state index in [0.717, 1.165) is 12.1 Å². The molecule has 0 saturated heterocycles. The van der Waals surface area contributed by atoms with Gasteiger partial charge in [-0.2, -0.15) is 4.31 Å². The number of halogens is 2. The highest BCUT2D eigenvalue weighted by Gasteiger charge is 2.30. The summed E-state index contributed by atoms with van der Waals surface area (Å²) in [5, 5.41) is 0. The second kappa shape index (κ2) is 6.60. The maximum atomic E-state index is 14.2. The van der Waals surface area contributed by atoms with Crippen LogP contribution in [-0.4, -0.2) is 25.3 Å². The molecule has 0 aliphatic rings. The Balaban J connectivity index is 3.42. The Morgan fingerprint density at radius 1 is 1.30 bits per heavy atom. The van der Waals surface area contributed by atoms with E-state index in [2.05, 4.69) is 0 Å². The van der Waals surface area contributed by atoms with Gasteiger partial charge >= 0.3 is 0 Å². The molecule has 7 heteroatoms. The number of hydrogen-bond donors (Lipinski definition) is 1. The van der Waals surface area contributed by atoms with E-state index in [-0.39, 0.29) is 12.6 Å². The molecule has 0 saturated carbocycles. The Bertz CT molecular complexity index is 574. The zero-order valence-electron chi connectivity index (χ0n) is 11.9. The lowest BCUT2D eigenvalue weighted by molar-refractivity contribution is 0.351. The number of rotatable bonds is 6. The van der Waals surface area contributed by atoms with Crippen molar-refractivity contribution in [2.75, 3.05) is 6.54 Å². The molecule has 0 atom stereocenters. The van der Waals surface area contributed by atoms with Crippen LogP contribution in [0.4, 0.5) is 8.78 Å². The molecule has 114 valence electrons. The van der Waals surface area contributed by atoms with E-state index in [1.807, 2.05) is 6.92 Å². The van der Waals surface area contributed by atoms with Gasteiger partial charge < -0.3 is 5.73 Å².